The van der Waals surface area contributed by atoms with Gasteiger partial charge in [0.25, 0.3) is 0 Å². The minimum atomic E-state index is -0.417. The molecule has 4 aromatic heterocycles. The molecule has 27 heavy (non-hydrogen) atoms. The van der Waals surface area contributed by atoms with E-state index in [1.165, 1.54) is 10.7 Å². The van der Waals surface area contributed by atoms with Gasteiger partial charge in [-0.15, -0.1) is 0 Å². The van der Waals surface area contributed by atoms with Gasteiger partial charge < -0.3 is 16.2 Å². The minimum absolute atomic E-state index is 0.319. The number of halogens is 2. The number of anilines is 2. The highest BCUT2D eigenvalue weighted by atomic mass is 35.5. The molecule has 140 valence electrons. The lowest BCUT2D eigenvalue weighted by molar-refractivity contribution is 0.0528. The Labute approximate surface area is 164 Å². The van der Waals surface area contributed by atoms with Gasteiger partial charge in [0.15, 0.2) is 0 Å². The summed E-state index contributed by atoms with van der Waals surface area (Å²) in [7, 11) is 0. The molecule has 0 saturated carbocycles. The monoisotopic (exact) mass is 406 g/mol. The third-order valence-corrected chi connectivity index (χ3v) is 4.28. The molecule has 0 bridgehead atoms. The quantitative estimate of drug-likeness (QED) is 0.493. The summed E-state index contributed by atoms with van der Waals surface area (Å²) in [4.78, 5) is 11.6. The number of esters is 1. The first kappa shape index (κ1) is 18.8. The first-order valence-corrected chi connectivity index (χ1v) is 8.64. The van der Waals surface area contributed by atoms with E-state index in [2.05, 4.69) is 10.2 Å². The molecule has 4 rings (SSSR count). The number of pyridine rings is 2. The fourth-order valence-corrected chi connectivity index (χ4v) is 2.63. The van der Waals surface area contributed by atoms with Crippen LogP contribution >= 0.6 is 23.2 Å². The van der Waals surface area contributed by atoms with Crippen LogP contribution in [0.2, 0.25) is 10.0 Å². The van der Waals surface area contributed by atoms with Crippen molar-refractivity contribution < 1.29 is 9.53 Å². The topological polar surface area (TPSA) is 113 Å². The molecule has 10 heteroatoms. The van der Waals surface area contributed by atoms with Crippen molar-refractivity contribution in [3.63, 3.8) is 0 Å². The molecule has 8 nitrogen and oxygen atoms in total. The Bertz CT molecular complexity index is 1090. The number of carbonyl (C=O) groups is 1. The van der Waals surface area contributed by atoms with Gasteiger partial charge in [-0.2, -0.15) is 10.2 Å². The van der Waals surface area contributed by atoms with Crippen LogP contribution in [-0.2, 0) is 4.74 Å². The Morgan fingerprint density at radius 1 is 1.11 bits per heavy atom. The number of carbonyl (C=O) groups excluding carboxylic acids is 1. The molecular weight excluding hydrogens is 391 g/mol. The van der Waals surface area contributed by atoms with Crippen molar-refractivity contribution in [1.82, 2.24) is 19.2 Å². The van der Waals surface area contributed by atoms with E-state index in [1.807, 2.05) is 6.07 Å². The first-order valence-electron chi connectivity index (χ1n) is 7.88. The van der Waals surface area contributed by atoms with Gasteiger partial charge >= 0.3 is 5.97 Å². The van der Waals surface area contributed by atoms with Crippen molar-refractivity contribution in [1.29, 1.82) is 0 Å². The van der Waals surface area contributed by atoms with Crippen molar-refractivity contribution in [3.05, 3.63) is 58.6 Å². The van der Waals surface area contributed by atoms with Crippen molar-refractivity contribution in [2.75, 3.05) is 18.1 Å². The fraction of sp³-hybridized carbons (Fsp3) is 0.118. The van der Waals surface area contributed by atoms with E-state index in [9.17, 15) is 4.79 Å². The Morgan fingerprint density at radius 3 is 2.48 bits per heavy atom. The molecule has 0 fully saturated rings. The second-order valence-corrected chi connectivity index (χ2v) is 6.28. The average Bonchev–Trinajstić information content (AvgIpc) is 3.23. The fourth-order valence-electron chi connectivity index (χ4n) is 2.34. The lowest BCUT2D eigenvalue weighted by atomic mass is 10.2. The van der Waals surface area contributed by atoms with Crippen LogP contribution in [0.3, 0.4) is 0 Å². The minimum Gasteiger partial charge on any atom is -0.462 e. The SMILES string of the molecule is CCOC(=O)c1cnn2cc(Cl)c(N)cc12.Nc1cc2ccnn2cc1Cl. The molecule has 0 saturated heterocycles. The van der Waals surface area contributed by atoms with Crippen LogP contribution in [0.25, 0.3) is 11.0 Å². The molecule has 0 aromatic carbocycles. The van der Waals surface area contributed by atoms with Gasteiger partial charge in [-0.1, -0.05) is 23.2 Å². The summed E-state index contributed by atoms with van der Waals surface area (Å²) in [5.41, 5.74) is 14.1. The molecule has 4 heterocycles. The summed E-state index contributed by atoms with van der Waals surface area (Å²) < 4.78 is 8.07. The summed E-state index contributed by atoms with van der Waals surface area (Å²) in [6.07, 6.45) is 6.37. The number of nitrogens with two attached hydrogens (primary N) is 2. The highest BCUT2D eigenvalue weighted by Gasteiger charge is 2.14. The molecule has 0 aliphatic heterocycles. The van der Waals surface area contributed by atoms with Gasteiger partial charge in [-0.05, 0) is 25.1 Å². The number of hydrogen-bond donors (Lipinski definition) is 2. The molecule has 4 N–H and O–H groups in total. The van der Waals surface area contributed by atoms with Crippen LogP contribution in [-0.4, -0.2) is 31.8 Å². The van der Waals surface area contributed by atoms with E-state index < -0.39 is 5.97 Å². The number of hydrogen-bond acceptors (Lipinski definition) is 6. The Balaban J connectivity index is 0.000000166. The maximum Gasteiger partial charge on any atom is 0.341 e. The average molecular weight is 407 g/mol. The highest BCUT2D eigenvalue weighted by Crippen LogP contribution is 2.22. The summed E-state index contributed by atoms with van der Waals surface area (Å²) in [5, 5.41) is 8.92. The van der Waals surface area contributed by atoms with E-state index in [1.54, 1.807) is 42.2 Å². The number of fused-ring (bicyclic) bond motifs is 2. The number of rotatable bonds is 2. The molecule has 0 radical (unpaired) electrons. The van der Waals surface area contributed by atoms with Crippen molar-refractivity contribution in [2.24, 2.45) is 0 Å². The van der Waals surface area contributed by atoms with Gasteiger partial charge in [0.1, 0.15) is 5.56 Å². The van der Waals surface area contributed by atoms with Crippen LogP contribution in [0.5, 0.6) is 0 Å². The van der Waals surface area contributed by atoms with E-state index in [0.717, 1.165) is 5.52 Å². The van der Waals surface area contributed by atoms with Gasteiger partial charge in [-0.25, -0.2) is 13.8 Å². The molecule has 0 aliphatic carbocycles. The molecule has 0 spiro atoms. The standard InChI is InChI=1S/C10H10ClN3O2.C7H6ClN3/c1-2-16-10(15)6-4-13-14-5-7(11)8(12)3-9(6)14;8-6-4-11-5(1-2-10-11)3-7(6)9/h3-5H,2,12H2,1H3;1-4H,9H2. The summed E-state index contributed by atoms with van der Waals surface area (Å²) in [6.45, 7) is 2.06. The van der Waals surface area contributed by atoms with Gasteiger partial charge in [0, 0.05) is 18.6 Å². The van der Waals surface area contributed by atoms with Gasteiger partial charge in [-0.3, -0.25) is 0 Å². The van der Waals surface area contributed by atoms with E-state index in [0.29, 0.717) is 39.1 Å². The number of nitrogens with zero attached hydrogens (tertiary/aromatic N) is 4. The van der Waals surface area contributed by atoms with E-state index >= 15 is 0 Å². The van der Waals surface area contributed by atoms with Crippen molar-refractivity contribution >= 4 is 51.6 Å². The lowest BCUT2D eigenvalue weighted by Crippen LogP contribution is -2.04. The first-order chi connectivity index (χ1) is 12.9. The molecular formula is C17H16Cl2N6O2. The third-order valence-electron chi connectivity index (χ3n) is 3.65. The van der Waals surface area contributed by atoms with E-state index in [4.69, 9.17) is 39.4 Å². The van der Waals surface area contributed by atoms with Crippen LogP contribution in [0.15, 0.2) is 43.0 Å². The summed E-state index contributed by atoms with van der Waals surface area (Å²) in [5.74, 6) is -0.417. The van der Waals surface area contributed by atoms with Crippen LogP contribution in [0.4, 0.5) is 11.4 Å². The Morgan fingerprint density at radius 2 is 1.78 bits per heavy atom. The predicted octanol–water partition coefficient (Wildman–Crippen LogP) is 3.32. The van der Waals surface area contributed by atoms with E-state index in [-0.39, 0.29) is 0 Å². The zero-order chi connectivity index (χ0) is 19.6. The normalized spacial score (nSPS) is 10.6. The zero-order valence-corrected chi connectivity index (χ0v) is 15.8. The number of nitrogen functional groups attached to an aromatic ring is 2. The maximum atomic E-state index is 11.6. The van der Waals surface area contributed by atoms with Crippen molar-refractivity contribution in [3.8, 4) is 0 Å². The summed E-state index contributed by atoms with van der Waals surface area (Å²) >= 11 is 11.6. The van der Waals surface area contributed by atoms with Crippen LogP contribution in [0, 0.1) is 0 Å². The lowest BCUT2D eigenvalue weighted by Gasteiger charge is -2.02. The second-order valence-electron chi connectivity index (χ2n) is 5.46. The van der Waals surface area contributed by atoms with Gasteiger partial charge in [0.05, 0.1) is 45.3 Å². The molecule has 0 unspecified atom stereocenters. The molecule has 0 amide bonds. The summed E-state index contributed by atoms with van der Waals surface area (Å²) in [6, 6.07) is 5.25. The van der Waals surface area contributed by atoms with Crippen LogP contribution < -0.4 is 11.5 Å². The van der Waals surface area contributed by atoms with Gasteiger partial charge in [0.2, 0.25) is 0 Å². The second kappa shape index (κ2) is 7.73. The smallest absolute Gasteiger partial charge is 0.341 e. The molecule has 0 atom stereocenters. The Kier molecular flexibility index (Phi) is 5.38. The number of aromatic nitrogens is 4. The zero-order valence-electron chi connectivity index (χ0n) is 14.3. The molecule has 4 aromatic rings. The van der Waals surface area contributed by atoms with Crippen molar-refractivity contribution in [2.45, 2.75) is 6.92 Å². The molecule has 0 aliphatic rings. The largest absolute Gasteiger partial charge is 0.462 e. The highest BCUT2D eigenvalue weighted by molar-refractivity contribution is 6.33. The van der Waals surface area contributed by atoms with Crippen LogP contribution in [0.1, 0.15) is 17.3 Å². The number of ether oxygens (including phenoxy) is 1. The predicted molar refractivity (Wildman–Crippen MR) is 105 cm³/mol. The third kappa shape index (κ3) is 3.91. The Hall–Kier alpha value is -2.97. The maximum absolute atomic E-state index is 11.6.